The van der Waals surface area contributed by atoms with Gasteiger partial charge in [-0.05, 0) is 38.5 Å². The van der Waals surface area contributed by atoms with Gasteiger partial charge in [0.1, 0.15) is 0 Å². The summed E-state index contributed by atoms with van der Waals surface area (Å²) in [5.74, 6) is -1.50. The van der Waals surface area contributed by atoms with Crippen LogP contribution in [-0.4, -0.2) is 43.4 Å². The average Bonchev–Trinajstić information content (AvgIpc) is 2.92. The number of nitrogens with one attached hydrogen (secondary N) is 1. The van der Waals surface area contributed by atoms with E-state index in [0.29, 0.717) is 25.9 Å². The third-order valence-corrected chi connectivity index (χ3v) is 5.52. The Hall–Kier alpha value is -0.920. The van der Waals surface area contributed by atoms with Crippen LogP contribution in [0.3, 0.4) is 0 Å². The zero-order valence-electron chi connectivity index (χ0n) is 11.5. The highest BCUT2D eigenvalue weighted by atomic mass is 32.2. The highest BCUT2D eigenvalue weighted by Gasteiger charge is 2.31. The summed E-state index contributed by atoms with van der Waals surface area (Å²) in [6.07, 6.45) is 7.39. The molecule has 0 radical (unpaired) electrons. The first kappa shape index (κ1) is 15.5. The monoisotopic (exact) mass is 302 g/mol. The van der Waals surface area contributed by atoms with Crippen molar-refractivity contribution >= 4 is 16.2 Å². The van der Waals surface area contributed by atoms with Gasteiger partial charge in [0.15, 0.2) is 0 Å². The third kappa shape index (κ3) is 4.04. The number of carboxylic acids is 1. The molecule has 6 nitrogen and oxygen atoms in total. The molecule has 1 heterocycles. The summed E-state index contributed by atoms with van der Waals surface area (Å²) in [6, 6.07) is 0. The Morgan fingerprint density at radius 3 is 2.90 bits per heavy atom. The molecule has 1 unspecified atom stereocenters. The van der Waals surface area contributed by atoms with Gasteiger partial charge in [-0.3, -0.25) is 4.79 Å². The van der Waals surface area contributed by atoms with Gasteiger partial charge in [0.25, 0.3) is 10.2 Å². The number of hydrogen-bond acceptors (Lipinski definition) is 3. The smallest absolute Gasteiger partial charge is 0.307 e. The Kier molecular flexibility index (Phi) is 5.17. The molecule has 0 bridgehead atoms. The van der Waals surface area contributed by atoms with Crippen molar-refractivity contribution in [3.8, 4) is 0 Å². The lowest BCUT2D eigenvalue weighted by Crippen LogP contribution is -2.47. The number of allylic oxidation sites excluding steroid dienone is 1. The first-order chi connectivity index (χ1) is 9.49. The van der Waals surface area contributed by atoms with Gasteiger partial charge in [-0.15, -0.1) is 0 Å². The molecule has 7 heteroatoms. The maximum atomic E-state index is 12.1. The fourth-order valence-electron chi connectivity index (χ4n) is 2.76. The summed E-state index contributed by atoms with van der Waals surface area (Å²) < 4.78 is 28.1. The molecule has 20 heavy (non-hydrogen) atoms. The van der Waals surface area contributed by atoms with Crippen LogP contribution in [-0.2, 0) is 15.0 Å². The van der Waals surface area contributed by atoms with Gasteiger partial charge >= 0.3 is 5.97 Å². The molecule has 0 saturated carbocycles. The first-order valence-electron chi connectivity index (χ1n) is 7.14. The van der Waals surface area contributed by atoms with Crippen molar-refractivity contribution in [1.29, 1.82) is 0 Å². The third-order valence-electron chi connectivity index (χ3n) is 3.94. The van der Waals surface area contributed by atoms with E-state index in [9.17, 15) is 13.2 Å². The first-order valence-corrected chi connectivity index (χ1v) is 8.58. The number of nitrogens with zero attached hydrogens (tertiary/aromatic N) is 1. The van der Waals surface area contributed by atoms with Crippen molar-refractivity contribution < 1.29 is 18.3 Å². The lowest BCUT2D eigenvalue weighted by atomic mass is 10.0. The molecule has 1 saturated heterocycles. The Labute approximate surface area is 120 Å². The minimum Gasteiger partial charge on any atom is -0.481 e. The molecule has 0 aromatic heterocycles. The highest BCUT2D eigenvalue weighted by molar-refractivity contribution is 7.87. The van der Waals surface area contributed by atoms with E-state index in [1.165, 1.54) is 9.88 Å². The molecular weight excluding hydrogens is 280 g/mol. The average molecular weight is 302 g/mol. The second kappa shape index (κ2) is 6.69. The molecule has 2 N–H and O–H groups in total. The Balaban J connectivity index is 1.84. The van der Waals surface area contributed by atoms with Crippen LogP contribution in [0.25, 0.3) is 0 Å². The van der Waals surface area contributed by atoms with E-state index in [4.69, 9.17) is 5.11 Å². The molecule has 2 rings (SSSR count). The minimum atomic E-state index is -3.55. The maximum Gasteiger partial charge on any atom is 0.307 e. The Morgan fingerprint density at radius 2 is 2.25 bits per heavy atom. The van der Waals surface area contributed by atoms with Crippen LogP contribution >= 0.6 is 0 Å². The molecule has 0 aromatic rings. The van der Waals surface area contributed by atoms with Crippen molar-refractivity contribution in [2.75, 3.05) is 19.6 Å². The fourth-order valence-corrected chi connectivity index (χ4v) is 4.05. The summed E-state index contributed by atoms with van der Waals surface area (Å²) in [4.78, 5) is 11.0. The summed E-state index contributed by atoms with van der Waals surface area (Å²) in [5, 5.41) is 8.99. The number of rotatable bonds is 6. The molecular formula is C13H22N2O4S. The van der Waals surface area contributed by atoms with Crippen LogP contribution in [0.5, 0.6) is 0 Å². The predicted octanol–water partition coefficient (Wildman–Crippen LogP) is 1.12. The molecule has 1 fully saturated rings. The van der Waals surface area contributed by atoms with Gasteiger partial charge in [0, 0.05) is 19.6 Å². The fraction of sp³-hybridized carbons (Fsp3) is 0.769. The van der Waals surface area contributed by atoms with Crippen LogP contribution in [0.15, 0.2) is 11.6 Å². The zero-order chi connectivity index (χ0) is 14.6. The molecule has 0 spiro atoms. The summed E-state index contributed by atoms with van der Waals surface area (Å²) in [7, 11) is -3.55. The SMILES string of the molecule is O=C(O)C1CCCN(S(=O)(=O)NCCC2=CCCC2)C1. The van der Waals surface area contributed by atoms with E-state index in [1.807, 2.05) is 0 Å². The van der Waals surface area contributed by atoms with E-state index in [-0.39, 0.29) is 6.54 Å². The van der Waals surface area contributed by atoms with Gasteiger partial charge in [0.05, 0.1) is 5.92 Å². The van der Waals surface area contributed by atoms with Gasteiger partial charge in [-0.25, -0.2) is 4.72 Å². The van der Waals surface area contributed by atoms with Gasteiger partial charge in [-0.2, -0.15) is 12.7 Å². The van der Waals surface area contributed by atoms with E-state index >= 15 is 0 Å². The van der Waals surface area contributed by atoms with E-state index in [0.717, 1.165) is 25.7 Å². The molecule has 0 aromatic carbocycles. The quantitative estimate of drug-likeness (QED) is 0.720. The van der Waals surface area contributed by atoms with Crippen LogP contribution in [0.2, 0.25) is 0 Å². The van der Waals surface area contributed by atoms with Crippen molar-refractivity contribution in [2.45, 2.75) is 38.5 Å². The minimum absolute atomic E-state index is 0.0767. The van der Waals surface area contributed by atoms with Crippen molar-refractivity contribution in [2.24, 2.45) is 5.92 Å². The highest BCUT2D eigenvalue weighted by Crippen LogP contribution is 2.21. The van der Waals surface area contributed by atoms with Crippen molar-refractivity contribution in [3.05, 3.63) is 11.6 Å². The topological polar surface area (TPSA) is 86.7 Å². The number of aliphatic carboxylic acids is 1. The van der Waals surface area contributed by atoms with Gasteiger partial charge in [0.2, 0.25) is 0 Å². The van der Waals surface area contributed by atoms with Crippen LogP contribution < -0.4 is 4.72 Å². The van der Waals surface area contributed by atoms with Crippen molar-refractivity contribution in [3.63, 3.8) is 0 Å². The molecule has 0 amide bonds. The standard InChI is InChI=1S/C13H22N2O4S/c16-13(17)12-6-3-9-15(10-12)20(18,19)14-8-7-11-4-1-2-5-11/h4,12,14H,1-3,5-10H2,(H,16,17). The van der Waals surface area contributed by atoms with Gasteiger partial charge < -0.3 is 5.11 Å². The Morgan fingerprint density at radius 1 is 1.45 bits per heavy atom. The molecule has 1 atom stereocenters. The van der Waals surface area contributed by atoms with Crippen molar-refractivity contribution in [1.82, 2.24) is 9.03 Å². The summed E-state index contributed by atoms with van der Waals surface area (Å²) in [5.41, 5.74) is 1.31. The lowest BCUT2D eigenvalue weighted by molar-refractivity contribution is -0.142. The Bertz CT molecular complexity index is 487. The summed E-state index contributed by atoms with van der Waals surface area (Å²) in [6.45, 7) is 0.873. The van der Waals surface area contributed by atoms with Crippen LogP contribution in [0, 0.1) is 5.92 Å². The van der Waals surface area contributed by atoms with E-state index < -0.39 is 22.1 Å². The van der Waals surface area contributed by atoms with E-state index in [2.05, 4.69) is 10.8 Å². The molecule has 1 aliphatic carbocycles. The molecule has 1 aliphatic heterocycles. The number of carbonyl (C=O) groups is 1. The summed E-state index contributed by atoms with van der Waals surface area (Å²) >= 11 is 0. The van der Waals surface area contributed by atoms with Crippen LogP contribution in [0.1, 0.15) is 38.5 Å². The van der Waals surface area contributed by atoms with Gasteiger partial charge in [-0.1, -0.05) is 11.6 Å². The lowest BCUT2D eigenvalue weighted by Gasteiger charge is -2.29. The normalized spacial score (nSPS) is 24.6. The second-order valence-electron chi connectivity index (χ2n) is 5.44. The molecule has 114 valence electrons. The van der Waals surface area contributed by atoms with E-state index in [1.54, 1.807) is 0 Å². The largest absolute Gasteiger partial charge is 0.481 e. The van der Waals surface area contributed by atoms with Crippen LogP contribution in [0.4, 0.5) is 0 Å². The number of hydrogen-bond donors (Lipinski definition) is 2. The maximum absolute atomic E-state index is 12.1. The second-order valence-corrected chi connectivity index (χ2v) is 7.19. The zero-order valence-corrected chi connectivity index (χ0v) is 12.4. The number of piperidine rings is 1. The molecule has 2 aliphatic rings. The predicted molar refractivity (Wildman–Crippen MR) is 75.4 cm³/mol. The number of carboxylic acid groups (broad SMARTS) is 1.